The van der Waals surface area contributed by atoms with E-state index in [4.69, 9.17) is 4.74 Å². The second-order valence-corrected chi connectivity index (χ2v) is 8.65. The highest BCUT2D eigenvalue weighted by molar-refractivity contribution is 5.96. The van der Waals surface area contributed by atoms with Gasteiger partial charge < -0.3 is 14.2 Å². The molecular weight excluding hydrogens is 410 g/mol. The van der Waals surface area contributed by atoms with E-state index in [1.54, 1.807) is 0 Å². The minimum Gasteiger partial charge on any atom is -0.491 e. The second kappa shape index (κ2) is 8.74. The minimum absolute atomic E-state index is 0.0697. The molecule has 0 fully saturated rings. The van der Waals surface area contributed by atoms with Crippen LogP contribution >= 0.6 is 0 Å². The quantitative estimate of drug-likeness (QED) is 0.414. The molecule has 0 atom stereocenters. The number of fused-ring (bicyclic) bond motifs is 2. The second-order valence-electron chi connectivity index (χ2n) is 8.65. The van der Waals surface area contributed by atoms with Gasteiger partial charge in [0.25, 0.3) is 5.91 Å². The van der Waals surface area contributed by atoms with Crippen molar-refractivity contribution in [3.63, 3.8) is 0 Å². The van der Waals surface area contributed by atoms with Crippen LogP contribution in [0, 0.1) is 6.92 Å². The molecule has 0 N–H and O–H groups in total. The molecule has 3 aromatic carbocycles. The molecule has 4 aromatic rings. The van der Waals surface area contributed by atoms with Gasteiger partial charge >= 0.3 is 0 Å². The summed E-state index contributed by atoms with van der Waals surface area (Å²) in [4.78, 5) is 19.9. The molecule has 0 bridgehead atoms. The van der Waals surface area contributed by atoms with Crippen molar-refractivity contribution in [1.29, 1.82) is 0 Å². The third-order valence-corrected chi connectivity index (χ3v) is 6.49. The first-order chi connectivity index (χ1) is 16.1. The van der Waals surface area contributed by atoms with Crippen LogP contribution in [-0.2, 0) is 19.5 Å². The fourth-order valence-electron chi connectivity index (χ4n) is 4.64. The van der Waals surface area contributed by atoms with E-state index in [9.17, 15) is 4.79 Å². The molecule has 0 aliphatic carbocycles. The van der Waals surface area contributed by atoms with Gasteiger partial charge in [-0.1, -0.05) is 36.8 Å². The Morgan fingerprint density at radius 1 is 1.03 bits per heavy atom. The highest BCUT2D eigenvalue weighted by Gasteiger charge is 2.23. The van der Waals surface area contributed by atoms with Gasteiger partial charge in [-0.3, -0.25) is 4.79 Å². The number of imidazole rings is 1. The molecule has 0 spiro atoms. The Bertz CT molecular complexity index is 1340. The molecule has 33 heavy (non-hydrogen) atoms. The van der Waals surface area contributed by atoms with Crippen LogP contribution in [0.2, 0.25) is 0 Å². The Hall–Kier alpha value is -3.60. The van der Waals surface area contributed by atoms with Crippen molar-refractivity contribution < 1.29 is 9.53 Å². The first kappa shape index (κ1) is 21.3. The highest BCUT2D eigenvalue weighted by atomic mass is 16.5. The third-order valence-electron chi connectivity index (χ3n) is 6.49. The van der Waals surface area contributed by atoms with Gasteiger partial charge in [-0.15, -0.1) is 0 Å². The average molecular weight is 440 g/mol. The van der Waals surface area contributed by atoms with E-state index in [1.807, 2.05) is 29.4 Å². The molecule has 5 rings (SSSR count). The van der Waals surface area contributed by atoms with Gasteiger partial charge in [0.15, 0.2) is 0 Å². The van der Waals surface area contributed by atoms with Gasteiger partial charge in [-0.25, -0.2) is 4.98 Å². The molecule has 2 heterocycles. The fraction of sp³-hybridized carbons (Fsp3) is 0.286. The Balaban J connectivity index is 1.46. The number of carbonyl (C=O) groups excluding carboxylic acids is 1. The number of benzene rings is 3. The van der Waals surface area contributed by atoms with Crippen molar-refractivity contribution in [1.82, 2.24) is 14.5 Å². The summed E-state index contributed by atoms with van der Waals surface area (Å²) in [5.41, 5.74) is 8.44. The van der Waals surface area contributed by atoms with Gasteiger partial charge in [0.1, 0.15) is 12.4 Å². The normalized spacial score (nSPS) is 13.5. The van der Waals surface area contributed by atoms with Crippen molar-refractivity contribution in [2.75, 3.05) is 13.2 Å². The van der Waals surface area contributed by atoms with E-state index in [1.165, 1.54) is 5.56 Å². The van der Waals surface area contributed by atoms with E-state index in [-0.39, 0.29) is 5.91 Å². The van der Waals surface area contributed by atoms with E-state index in [0.29, 0.717) is 19.7 Å². The molecule has 0 unspecified atom stereocenters. The number of ether oxygens (including phenoxy) is 1. The fourth-order valence-corrected chi connectivity index (χ4v) is 4.64. The summed E-state index contributed by atoms with van der Waals surface area (Å²) in [6.07, 6.45) is 2.72. The maximum absolute atomic E-state index is 13.4. The van der Waals surface area contributed by atoms with Gasteiger partial charge in [0.05, 0.1) is 23.9 Å². The summed E-state index contributed by atoms with van der Waals surface area (Å²) in [7, 11) is 0. The minimum atomic E-state index is 0.0697. The number of nitrogens with zero attached hydrogens (tertiary/aromatic N) is 3. The van der Waals surface area contributed by atoms with E-state index < -0.39 is 0 Å². The lowest BCUT2D eigenvalue weighted by Gasteiger charge is -2.22. The summed E-state index contributed by atoms with van der Waals surface area (Å²) in [5, 5.41) is 0. The van der Waals surface area contributed by atoms with Crippen LogP contribution in [0.25, 0.3) is 22.2 Å². The zero-order chi connectivity index (χ0) is 22.9. The number of aryl methyl sites for hydroxylation is 3. The molecule has 1 aromatic heterocycles. The number of rotatable bonds is 4. The van der Waals surface area contributed by atoms with Crippen LogP contribution in [0.4, 0.5) is 0 Å². The number of carbonyl (C=O) groups is 1. The summed E-state index contributed by atoms with van der Waals surface area (Å²) >= 11 is 0. The predicted molar refractivity (Wildman–Crippen MR) is 132 cm³/mol. The summed E-state index contributed by atoms with van der Waals surface area (Å²) in [5.74, 6) is 0.922. The van der Waals surface area contributed by atoms with Crippen molar-refractivity contribution in [3.8, 4) is 16.9 Å². The standard InChI is InChI=1S/C28H29N3O2/c1-4-20-14-19(3)6-9-24(20)28(32)31-12-13-33-27-11-8-21(15-23(27)17-31)22-7-10-26-25(16-22)29-18-30(26)5-2/h6-11,14-16,18H,4-5,12-13,17H2,1-3H3. The van der Waals surface area contributed by atoms with Crippen LogP contribution < -0.4 is 4.74 Å². The van der Waals surface area contributed by atoms with Crippen LogP contribution in [0.3, 0.4) is 0 Å². The third kappa shape index (κ3) is 3.99. The zero-order valence-corrected chi connectivity index (χ0v) is 19.5. The zero-order valence-electron chi connectivity index (χ0n) is 19.5. The maximum Gasteiger partial charge on any atom is 0.254 e. The molecule has 1 aliphatic rings. The summed E-state index contributed by atoms with van der Waals surface area (Å²) in [6, 6.07) is 18.7. The highest BCUT2D eigenvalue weighted by Crippen LogP contribution is 2.31. The predicted octanol–water partition coefficient (Wildman–Crippen LogP) is 5.63. The summed E-state index contributed by atoms with van der Waals surface area (Å²) in [6.45, 7) is 8.77. The smallest absolute Gasteiger partial charge is 0.254 e. The van der Waals surface area contributed by atoms with Gasteiger partial charge in [0.2, 0.25) is 0 Å². The average Bonchev–Trinajstić information content (AvgIpc) is 3.13. The SMILES string of the molecule is CCc1cc(C)ccc1C(=O)N1CCOc2ccc(-c3ccc4c(c3)ncn4CC)cc2C1. The van der Waals surface area contributed by atoms with Crippen molar-refractivity contribution in [2.45, 2.75) is 40.3 Å². The maximum atomic E-state index is 13.4. The van der Waals surface area contributed by atoms with Gasteiger partial charge in [-0.05, 0) is 67.3 Å². The molecule has 5 heteroatoms. The van der Waals surface area contributed by atoms with Crippen molar-refractivity contribution in [2.24, 2.45) is 0 Å². The van der Waals surface area contributed by atoms with E-state index in [0.717, 1.165) is 57.6 Å². The Labute approximate surface area is 194 Å². The number of amides is 1. The van der Waals surface area contributed by atoms with Crippen LogP contribution in [0.1, 0.15) is 40.9 Å². The first-order valence-corrected chi connectivity index (χ1v) is 11.7. The topological polar surface area (TPSA) is 47.4 Å². The lowest BCUT2D eigenvalue weighted by atomic mass is 10.00. The molecule has 5 nitrogen and oxygen atoms in total. The molecular formula is C28H29N3O2. The van der Waals surface area contributed by atoms with Crippen molar-refractivity contribution >= 4 is 16.9 Å². The Kier molecular flexibility index (Phi) is 5.63. The van der Waals surface area contributed by atoms with Crippen LogP contribution in [0.5, 0.6) is 5.75 Å². The van der Waals surface area contributed by atoms with E-state index in [2.05, 4.69) is 66.7 Å². The largest absolute Gasteiger partial charge is 0.491 e. The van der Waals surface area contributed by atoms with Crippen molar-refractivity contribution in [3.05, 3.63) is 83.2 Å². The number of hydrogen-bond donors (Lipinski definition) is 0. The first-order valence-electron chi connectivity index (χ1n) is 11.7. The molecule has 0 saturated heterocycles. The number of aromatic nitrogens is 2. The molecule has 168 valence electrons. The molecule has 0 saturated carbocycles. The Morgan fingerprint density at radius 3 is 2.67 bits per heavy atom. The molecule has 1 amide bonds. The number of hydrogen-bond acceptors (Lipinski definition) is 3. The van der Waals surface area contributed by atoms with Crippen LogP contribution in [-0.4, -0.2) is 33.5 Å². The molecule has 1 aliphatic heterocycles. The monoisotopic (exact) mass is 439 g/mol. The van der Waals surface area contributed by atoms with Gasteiger partial charge in [0, 0.05) is 24.2 Å². The van der Waals surface area contributed by atoms with E-state index >= 15 is 0 Å². The molecule has 0 radical (unpaired) electrons. The summed E-state index contributed by atoms with van der Waals surface area (Å²) < 4.78 is 8.15. The Morgan fingerprint density at radius 2 is 1.85 bits per heavy atom. The lowest BCUT2D eigenvalue weighted by molar-refractivity contribution is 0.0732. The lowest BCUT2D eigenvalue weighted by Crippen LogP contribution is -2.33. The van der Waals surface area contributed by atoms with Crippen LogP contribution in [0.15, 0.2) is 60.9 Å². The van der Waals surface area contributed by atoms with Gasteiger partial charge in [-0.2, -0.15) is 0 Å².